The second-order valence-electron chi connectivity index (χ2n) is 7.18. The number of benzene rings is 3. The van der Waals surface area contributed by atoms with Gasteiger partial charge in [0, 0.05) is 32.8 Å². The number of rotatable bonds is 7. The van der Waals surface area contributed by atoms with Crippen molar-refractivity contribution in [1.29, 1.82) is 0 Å². The standard InChI is InChI=1S/C22H19ClFN3O5S/c1-25(14-15-4-3-5-18(12-15)27(29)30)22(28)20-13-19(10-11-21(20)23)33(31,32)26(2)17-8-6-16(24)7-9-17/h3-13H,14H2,1-2H3. The zero-order chi connectivity index (χ0) is 24.3. The van der Waals surface area contributed by atoms with Gasteiger partial charge in [-0.05, 0) is 48.0 Å². The minimum Gasteiger partial charge on any atom is -0.337 e. The van der Waals surface area contributed by atoms with Gasteiger partial charge in [0.2, 0.25) is 0 Å². The van der Waals surface area contributed by atoms with Gasteiger partial charge in [-0.25, -0.2) is 12.8 Å². The zero-order valence-electron chi connectivity index (χ0n) is 17.6. The van der Waals surface area contributed by atoms with Crippen LogP contribution in [0, 0.1) is 15.9 Å². The van der Waals surface area contributed by atoms with E-state index in [0.717, 1.165) is 16.4 Å². The van der Waals surface area contributed by atoms with Crippen molar-refractivity contribution in [1.82, 2.24) is 4.90 Å². The van der Waals surface area contributed by atoms with E-state index in [1.165, 1.54) is 67.5 Å². The van der Waals surface area contributed by atoms with Gasteiger partial charge in [0.05, 0.1) is 26.1 Å². The molecule has 0 aliphatic heterocycles. The Kier molecular flexibility index (Phi) is 6.99. The number of hydrogen-bond acceptors (Lipinski definition) is 5. The molecule has 0 radical (unpaired) electrons. The summed E-state index contributed by atoms with van der Waals surface area (Å²) in [6.45, 7) is 0.0449. The minimum atomic E-state index is -4.07. The molecule has 0 atom stereocenters. The summed E-state index contributed by atoms with van der Waals surface area (Å²) >= 11 is 6.18. The molecule has 0 aromatic heterocycles. The maximum atomic E-state index is 13.2. The molecule has 33 heavy (non-hydrogen) atoms. The van der Waals surface area contributed by atoms with Crippen LogP contribution >= 0.6 is 11.6 Å². The molecule has 0 bridgehead atoms. The molecule has 0 unspecified atom stereocenters. The fourth-order valence-electron chi connectivity index (χ4n) is 3.10. The second-order valence-corrected chi connectivity index (χ2v) is 9.56. The number of sulfonamides is 1. The topological polar surface area (TPSA) is 101 Å². The Hall–Kier alpha value is -3.50. The van der Waals surface area contributed by atoms with Crippen LogP contribution in [-0.2, 0) is 16.6 Å². The Bertz CT molecular complexity index is 1320. The van der Waals surface area contributed by atoms with Crippen molar-refractivity contribution in [2.45, 2.75) is 11.4 Å². The van der Waals surface area contributed by atoms with Crippen LogP contribution in [-0.4, -0.2) is 38.2 Å². The summed E-state index contributed by atoms with van der Waals surface area (Å²) in [4.78, 5) is 24.5. The third kappa shape index (κ3) is 5.29. The number of amides is 1. The third-order valence-electron chi connectivity index (χ3n) is 4.90. The van der Waals surface area contributed by atoms with E-state index in [-0.39, 0.29) is 33.4 Å². The predicted octanol–water partition coefficient (Wildman–Crippen LogP) is 4.48. The molecule has 0 heterocycles. The molecule has 0 fully saturated rings. The normalized spacial score (nSPS) is 11.2. The molecule has 0 aliphatic rings. The van der Waals surface area contributed by atoms with Crippen molar-refractivity contribution in [2.75, 3.05) is 18.4 Å². The molecule has 3 rings (SSSR count). The van der Waals surface area contributed by atoms with E-state index >= 15 is 0 Å². The van der Waals surface area contributed by atoms with Gasteiger partial charge in [-0.2, -0.15) is 0 Å². The van der Waals surface area contributed by atoms with Gasteiger partial charge >= 0.3 is 0 Å². The quantitative estimate of drug-likeness (QED) is 0.358. The Labute approximate surface area is 195 Å². The van der Waals surface area contributed by atoms with Crippen LogP contribution in [0.15, 0.2) is 71.6 Å². The summed E-state index contributed by atoms with van der Waals surface area (Å²) in [5.74, 6) is -1.07. The van der Waals surface area contributed by atoms with Crippen LogP contribution in [0.4, 0.5) is 15.8 Å². The van der Waals surface area contributed by atoms with E-state index in [2.05, 4.69) is 0 Å². The zero-order valence-corrected chi connectivity index (χ0v) is 19.2. The Morgan fingerprint density at radius 3 is 2.36 bits per heavy atom. The Balaban J connectivity index is 1.88. The number of halogens is 2. The van der Waals surface area contributed by atoms with Crippen molar-refractivity contribution in [2.24, 2.45) is 0 Å². The Morgan fingerprint density at radius 1 is 1.06 bits per heavy atom. The fraction of sp³-hybridized carbons (Fsp3) is 0.136. The molecule has 0 N–H and O–H groups in total. The first-order valence-electron chi connectivity index (χ1n) is 9.53. The third-order valence-corrected chi connectivity index (χ3v) is 7.02. The lowest BCUT2D eigenvalue weighted by atomic mass is 10.1. The van der Waals surface area contributed by atoms with E-state index < -0.39 is 26.7 Å². The summed E-state index contributed by atoms with van der Waals surface area (Å²) in [5, 5.41) is 11.0. The van der Waals surface area contributed by atoms with E-state index in [0.29, 0.717) is 5.56 Å². The molecule has 11 heteroatoms. The van der Waals surface area contributed by atoms with Gasteiger partial charge in [0.1, 0.15) is 5.82 Å². The maximum Gasteiger partial charge on any atom is 0.269 e. The number of nitro groups is 1. The highest BCUT2D eigenvalue weighted by Crippen LogP contribution is 2.27. The van der Waals surface area contributed by atoms with Gasteiger partial charge in [-0.3, -0.25) is 19.2 Å². The SMILES string of the molecule is CN(Cc1cccc([N+](=O)[O-])c1)C(=O)c1cc(S(=O)(=O)N(C)c2ccc(F)cc2)ccc1Cl. The first-order valence-corrected chi connectivity index (χ1v) is 11.4. The number of carbonyl (C=O) groups is 1. The number of nitrogens with zero attached hydrogens (tertiary/aromatic N) is 3. The average Bonchev–Trinajstić information content (AvgIpc) is 2.79. The first-order chi connectivity index (χ1) is 15.5. The van der Waals surface area contributed by atoms with Crippen LogP contribution in [0.1, 0.15) is 15.9 Å². The van der Waals surface area contributed by atoms with E-state index in [1.807, 2.05) is 0 Å². The van der Waals surface area contributed by atoms with Gasteiger partial charge < -0.3 is 4.90 Å². The van der Waals surface area contributed by atoms with Crippen molar-refractivity contribution >= 4 is 38.9 Å². The molecule has 0 spiro atoms. The van der Waals surface area contributed by atoms with Crippen molar-refractivity contribution in [3.63, 3.8) is 0 Å². The smallest absolute Gasteiger partial charge is 0.269 e. The van der Waals surface area contributed by atoms with Gasteiger partial charge in [-0.15, -0.1) is 0 Å². The van der Waals surface area contributed by atoms with Gasteiger partial charge in [0.25, 0.3) is 21.6 Å². The summed E-state index contributed by atoms with van der Waals surface area (Å²) in [6, 6.07) is 14.5. The van der Waals surface area contributed by atoms with E-state index in [9.17, 15) is 27.7 Å². The predicted molar refractivity (Wildman–Crippen MR) is 122 cm³/mol. The van der Waals surface area contributed by atoms with Gasteiger partial charge in [0.15, 0.2) is 0 Å². The van der Waals surface area contributed by atoms with E-state index in [4.69, 9.17) is 11.6 Å². The number of nitro benzene ring substituents is 1. The number of hydrogen-bond donors (Lipinski definition) is 0. The van der Waals surface area contributed by atoms with Crippen molar-refractivity contribution in [3.05, 3.63) is 98.8 Å². The summed E-state index contributed by atoms with van der Waals surface area (Å²) in [5.41, 5.74) is 0.611. The number of carbonyl (C=O) groups excluding carboxylic acids is 1. The van der Waals surface area contributed by atoms with Crippen LogP contribution in [0.5, 0.6) is 0 Å². The highest BCUT2D eigenvalue weighted by molar-refractivity contribution is 7.92. The molecular weight excluding hydrogens is 473 g/mol. The lowest BCUT2D eigenvalue weighted by molar-refractivity contribution is -0.384. The molecule has 0 saturated carbocycles. The highest BCUT2D eigenvalue weighted by Gasteiger charge is 2.25. The average molecular weight is 492 g/mol. The van der Waals surface area contributed by atoms with Crippen molar-refractivity contribution in [3.8, 4) is 0 Å². The lowest BCUT2D eigenvalue weighted by Crippen LogP contribution is -2.28. The van der Waals surface area contributed by atoms with Crippen LogP contribution in [0.2, 0.25) is 5.02 Å². The molecular formula is C22H19ClFN3O5S. The van der Waals surface area contributed by atoms with Crippen LogP contribution in [0.3, 0.4) is 0 Å². The van der Waals surface area contributed by atoms with E-state index in [1.54, 1.807) is 6.07 Å². The largest absolute Gasteiger partial charge is 0.337 e. The minimum absolute atomic E-state index is 0.0434. The lowest BCUT2D eigenvalue weighted by Gasteiger charge is -2.21. The number of non-ortho nitro benzene ring substituents is 1. The highest BCUT2D eigenvalue weighted by atomic mass is 35.5. The second kappa shape index (κ2) is 9.55. The van der Waals surface area contributed by atoms with Crippen LogP contribution in [0.25, 0.3) is 0 Å². The molecule has 172 valence electrons. The molecule has 0 saturated heterocycles. The molecule has 0 aliphatic carbocycles. The molecule has 3 aromatic rings. The van der Waals surface area contributed by atoms with Crippen LogP contribution < -0.4 is 4.31 Å². The summed E-state index contributed by atoms with van der Waals surface area (Å²) < 4.78 is 40.3. The Morgan fingerprint density at radius 2 is 1.73 bits per heavy atom. The van der Waals surface area contributed by atoms with Gasteiger partial charge in [-0.1, -0.05) is 23.7 Å². The number of anilines is 1. The fourth-order valence-corrected chi connectivity index (χ4v) is 4.52. The summed E-state index contributed by atoms with van der Waals surface area (Å²) in [6.07, 6.45) is 0. The summed E-state index contributed by atoms with van der Waals surface area (Å²) in [7, 11) is -1.28. The first kappa shape index (κ1) is 24.1. The molecule has 3 aromatic carbocycles. The molecule has 1 amide bonds. The molecule has 8 nitrogen and oxygen atoms in total. The monoisotopic (exact) mass is 491 g/mol. The maximum absolute atomic E-state index is 13.2. The van der Waals surface area contributed by atoms with Crippen molar-refractivity contribution < 1.29 is 22.5 Å².